The van der Waals surface area contributed by atoms with E-state index in [0.717, 1.165) is 0 Å². The Balaban J connectivity index is 1.94. The first-order valence-corrected chi connectivity index (χ1v) is 4.38. The molecule has 1 aromatic heterocycles. The standard InChI is InChI=1S/C9H8F3NO2/c10-9(11,12)5-6-4-7(13-15-6)8-2-1-3-14-8/h1-3,6H,4-5H2/t6-/m0/s1. The van der Waals surface area contributed by atoms with E-state index in [4.69, 9.17) is 4.42 Å². The summed E-state index contributed by atoms with van der Waals surface area (Å²) in [5.74, 6) is 0.458. The maximum Gasteiger partial charge on any atom is 0.392 e. The quantitative estimate of drug-likeness (QED) is 0.766. The molecule has 0 saturated carbocycles. The number of hydrogen-bond donors (Lipinski definition) is 0. The molecule has 15 heavy (non-hydrogen) atoms. The molecular formula is C9H8F3NO2. The van der Waals surface area contributed by atoms with Gasteiger partial charge in [0.25, 0.3) is 0 Å². The first-order valence-electron chi connectivity index (χ1n) is 4.38. The van der Waals surface area contributed by atoms with Gasteiger partial charge in [-0.05, 0) is 12.1 Å². The van der Waals surface area contributed by atoms with Gasteiger partial charge in [-0.2, -0.15) is 13.2 Å². The van der Waals surface area contributed by atoms with Crippen LogP contribution in [0.5, 0.6) is 0 Å². The van der Waals surface area contributed by atoms with Gasteiger partial charge in [-0.15, -0.1) is 0 Å². The Hall–Kier alpha value is -1.46. The molecule has 0 saturated heterocycles. The Morgan fingerprint density at radius 2 is 2.27 bits per heavy atom. The Morgan fingerprint density at radius 3 is 2.87 bits per heavy atom. The topological polar surface area (TPSA) is 34.7 Å². The molecule has 0 unspecified atom stereocenters. The molecular weight excluding hydrogens is 211 g/mol. The highest BCUT2D eigenvalue weighted by Gasteiger charge is 2.36. The van der Waals surface area contributed by atoms with Crippen LogP contribution in [-0.2, 0) is 4.84 Å². The van der Waals surface area contributed by atoms with Crippen LogP contribution >= 0.6 is 0 Å². The van der Waals surface area contributed by atoms with Crippen molar-refractivity contribution in [3.8, 4) is 0 Å². The second-order valence-electron chi connectivity index (χ2n) is 3.27. The van der Waals surface area contributed by atoms with Crippen molar-refractivity contribution < 1.29 is 22.4 Å². The van der Waals surface area contributed by atoms with E-state index in [1.165, 1.54) is 6.26 Å². The molecule has 1 atom stereocenters. The van der Waals surface area contributed by atoms with Gasteiger partial charge in [0.15, 0.2) is 5.76 Å². The van der Waals surface area contributed by atoms with Crippen LogP contribution in [0, 0.1) is 0 Å². The highest BCUT2D eigenvalue weighted by molar-refractivity contribution is 5.98. The van der Waals surface area contributed by atoms with E-state index < -0.39 is 18.7 Å². The zero-order chi connectivity index (χ0) is 10.9. The number of oxime groups is 1. The molecule has 0 amide bonds. The van der Waals surface area contributed by atoms with Crippen molar-refractivity contribution in [2.75, 3.05) is 0 Å². The molecule has 2 rings (SSSR count). The zero-order valence-electron chi connectivity index (χ0n) is 7.62. The molecule has 6 heteroatoms. The average Bonchev–Trinajstić information content (AvgIpc) is 2.68. The fourth-order valence-electron chi connectivity index (χ4n) is 1.38. The number of nitrogens with zero attached hydrogens (tertiary/aromatic N) is 1. The van der Waals surface area contributed by atoms with Gasteiger partial charge in [0.1, 0.15) is 11.8 Å². The van der Waals surface area contributed by atoms with Gasteiger partial charge >= 0.3 is 6.18 Å². The van der Waals surface area contributed by atoms with Crippen molar-refractivity contribution in [1.29, 1.82) is 0 Å². The number of furan rings is 1. The van der Waals surface area contributed by atoms with Gasteiger partial charge in [-0.3, -0.25) is 0 Å². The Morgan fingerprint density at radius 1 is 1.47 bits per heavy atom. The van der Waals surface area contributed by atoms with E-state index in [1.54, 1.807) is 12.1 Å². The van der Waals surface area contributed by atoms with E-state index >= 15 is 0 Å². The van der Waals surface area contributed by atoms with Gasteiger partial charge in [-0.25, -0.2) is 0 Å². The Kier molecular flexibility index (Phi) is 2.42. The van der Waals surface area contributed by atoms with Crippen LogP contribution < -0.4 is 0 Å². The molecule has 0 aromatic carbocycles. The summed E-state index contributed by atoms with van der Waals surface area (Å²) in [6.07, 6.45) is -4.56. The number of rotatable bonds is 2. The van der Waals surface area contributed by atoms with Crippen LogP contribution in [0.3, 0.4) is 0 Å². The summed E-state index contributed by atoms with van der Waals surface area (Å²) in [5, 5.41) is 3.57. The summed E-state index contributed by atoms with van der Waals surface area (Å²) < 4.78 is 41.1. The lowest BCUT2D eigenvalue weighted by Crippen LogP contribution is -2.19. The third-order valence-electron chi connectivity index (χ3n) is 2.00. The Labute approximate surface area is 83.5 Å². The third-order valence-corrected chi connectivity index (χ3v) is 2.00. The molecule has 1 aromatic rings. The molecule has 0 bridgehead atoms. The molecule has 3 nitrogen and oxygen atoms in total. The van der Waals surface area contributed by atoms with Gasteiger partial charge in [0.05, 0.1) is 12.7 Å². The smallest absolute Gasteiger partial charge is 0.392 e. The molecule has 0 aliphatic carbocycles. The first kappa shape index (κ1) is 10.1. The molecule has 1 aliphatic rings. The third kappa shape index (κ3) is 2.51. The second-order valence-corrected chi connectivity index (χ2v) is 3.27. The zero-order valence-corrected chi connectivity index (χ0v) is 7.62. The van der Waals surface area contributed by atoms with Gasteiger partial charge < -0.3 is 9.25 Å². The van der Waals surface area contributed by atoms with Crippen LogP contribution in [-0.4, -0.2) is 18.0 Å². The summed E-state index contributed by atoms with van der Waals surface area (Å²) in [4.78, 5) is 4.67. The van der Waals surface area contributed by atoms with E-state index in [-0.39, 0.29) is 6.42 Å². The molecule has 0 fully saturated rings. The minimum absolute atomic E-state index is 0.132. The van der Waals surface area contributed by atoms with Gasteiger partial charge in [0.2, 0.25) is 0 Å². The summed E-state index contributed by atoms with van der Waals surface area (Å²) in [6, 6.07) is 3.28. The predicted molar refractivity (Wildman–Crippen MR) is 45.4 cm³/mol. The molecule has 82 valence electrons. The monoisotopic (exact) mass is 219 g/mol. The second kappa shape index (κ2) is 3.60. The highest BCUT2D eigenvalue weighted by atomic mass is 19.4. The fourth-order valence-corrected chi connectivity index (χ4v) is 1.38. The van der Waals surface area contributed by atoms with E-state index in [1.807, 2.05) is 0 Å². The number of hydrogen-bond acceptors (Lipinski definition) is 3. The van der Waals surface area contributed by atoms with E-state index in [0.29, 0.717) is 11.5 Å². The van der Waals surface area contributed by atoms with Crippen LogP contribution in [0.2, 0.25) is 0 Å². The minimum Gasteiger partial charge on any atom is -0.463 e. The first-order chi connectivity index (χ1) is 7.04. The van der Waals surface area contributed by atoms with Crippen LogP contribution in [0.4, 0.5) is 13.2 Å². The normalized spacial score (nSPS) is 21.3. The van der Waals surface area contributed by atoms with Crippen LogP contribution in [0.25, 0.3) is 0 Å². The van der Waals surface area contributed by atoms with Crippen molar-refractivity contribution in [3.63, 3.8) is 0 Å². The predicted octanol–water partition coefficient (Wildman–Crippen LogP) is 2.73. The Bertz CT molecular complexity index is 356. The summed E-state index contributed by atoms with van der Waals surface area (Å²) in [6.45, 7) is 0. The van der Waals surface area contributed by atoms with Crippen LogP contribution in [0.1, 0.15) is 18.6 Å². The molecule has 0 spiro atoms. The number of halogens is 3. The van der Waals surface area contributed by atoms with Crippen LogP contribution in [0.15, 0.2) is 28.0 Å². The maximum absolute atomic E-state index is 12.0. The van der Waals surface area contributed by atoms with E-state index in [9.17, 15) is 13.2 Å². The van der Waals surface area contributed by atoms with Crippen molar-refractivity contribution >= 4 is 5.71 Å². The largest absolute Gasteiger partial charge is 0.463 e. The minimum atomic E-state index is -4.22. The highest BCUT2D eigenvalue weighted by Crippen LogP contribution is 2.28. The lowest BCUT2D eigenvalue weighted by atomic mass is 10.1. The number of alkyl halides is 3. The van der Waals surface area contributed by atoms with Crippen molar-refractivity contribution in [2.45, 2.75) is 25.1 Å². The van der Waals surface area contributed by atoms with Gasteiger partial charge in [0, 0.05) is 6.42 Å². The van der Waals surface area contributed by atoms with Crippen molar-refractivity contribution in [1.82, 2.24) is 0 Å². The lowest BCUT2D eigenvalue weighted by molar-refractivity contribution is -0.157. The van der Waals surface area contributed by atoms with Crippen molar-refractivity contribution in [2.24, 2.45) is 5.16 Å². The fraction of sp³-hybridized carbons (Fsp3) is 0.444. The SMILES string of the molecule is FC(F)(F)C[C@@H]1CC(c2ccco2)=NO1. The molecule has 1 aliphatic heterocycles. The molecule has 0 radical (unpaired) electrons. The molecule has 0 N–H and O–H groups in total. The summed E-state index contributed by atoms with van der Waals surface area (Å²) >= 11 is 0. The van der Waals surface area contributed by atoms with Crippen molar-refractivity contribution in [3.05, 3.63) is 24.2 Å². The average molecular weight is 219 g/mol. The maximum atomic E-state index is 12.0. The molecule has 2 heterocycles. The lowest BCUT2D eigenvalue weighted by Gasteiger charge is -2.10. The van der Waals surface area contributed by atoms with Gasteiger partial charge in [-0.1, -0.05) is 5.16 Å². The summed E-state index contributed by atoms with van der Waals surface area (Å²) in [7, 11) is 0. The van der Waals surface area contributed by atoms with E-state index in [2.05, 4.69) is 9.99 Å². The summed E-state index contributed by atoms with van der Waals surface area (Å²) in [5.41, 5.74) is 0.425.